The third-order valence-corrected chi connectivity index (χ3v) is 2.35. The summed E-state index contributed by atoms with van der Waals surface area (Å²) in [7, 11) is 0.825. The Balaban J connectivity index is 4.09. The third kappa shape index (κ3) is 2.42. The predicted octanol–water partition coefficient (Wildman–Crippen LogP) is -2.01. The molecule has 0 N–H and O–H groups in total. The van der Waals surface area contributed by atoms with E-state index in [1.807, 2.05) is 0 Å². The minimum absolute atomic E-state index is 0.139. The van der Waals surface area contributed by atoms with Gasteiger partial charge in [-0.05, 0) is 12.2 Å². The Bertz CT molecular complexity index is 161. The second-order valence-electron chi connectivity index (χ2n) is 1.46. The Labute approximate surface area is 70.5 Å². The molecule has 0 fully saturated rings. The fraction of sp³-hybridized carbons (Fsp3) is 0. The zero-order valence-electron chi connectivity index (χ0n) is 5.84. The van der Waals surface area contributed by atoms with Gasteiger partial charge >= 0.3 is 5.97 Å². The van der Waals surface area contributed by atoms with E-state index in [4.69, 9.17) is 4.43 Å². The molecule has 0 aliphatic rings. The van der Waals surface area contributed by atoms with E-state index in [9.17, 15) is 4.79 Å². The van der Waals surface area contributed by atoms with Crippen molar-refractivity contribution in [2.45, 2.75) is 0 Å². The van der Waals surface area contributed by atoms with Crippen LogP contribution in [0.3, 0.4) is 0 Å². The smallest absolute Gasteiger partial charge is 0.328 e. The Morgan fingerprint density at radius 2 is 1.90 bits per heavy atom. The molecule has 0 rings (SSSR count). The van der Waals surface area contributed by atoms with Crippen molar-refractivity contribution >= 4 is 44.2 Å². The summed E-state index contributed by atoms with van der Waals surface area (Å²) in [6.07, 6.45) is 0. The molecule has 56 valence electrons. The second-order valence-corrected chi connectivity index (χ2v) is 2.65. The lowest BCUT2D eigenvalue weighted by Gasteiger charge is -2.03. The van der Waals surface area contributed by atoms with Crippen LogP contribution >= 0.6 is 12.2 Å². The van der Waals surface area contributed by atoms with E-state index in [1.165, 1.54) is 0 Å². The molecule has 0 aliphatic carbocycles. The van der Waals surface area contributed by atoms with Crippen molar-refractivity contribution in [3.63, 3.8) is 0 Å². The van der Waals surface area contributed by atoms with Gasteiger partial charge in [-0.25, -0.2) is 4.79 Å². The van der Waals surface area contributed by atoms with Gasteiger partial charge in [-0.1, -0.05) is 6.58 Å². The molecule has 6 heteroatoms. The summed E-state index contributed by atoms with van der Waals surface area (Å²) in [4.78, 5) is 10.7. The molecule has 0 spiro atoms. The summed E-state index contributed by atoms with van der Waals surface area (Å²) in [5.74, 6) is -0.479. The van der Waals surface area contributed by atoms with Crippen molar-refractivity contribution in [2.75, 3.05) is 0 Å². The van der Waals surface area contributed by atoms with Gasteiger partial charge in [0.15, 0.2) is 5.05 Å². The Morgan fingerprint density at radius 3 is 2.20 bits per heavy atom. The van der Waals surface area contributed by atoms with Crippen molar-refractivity contribution in [1.29, 1.82) is 0 Å². The molecule has 0 bridgehead atoms. The Morgan fingerprint density at radius 1 is 1.40 bits per heavy atom. The number of hydrogen-bond acceptors (Lipinski definition) is 4. The summed E-state index contributed by atoms with van der Waals surface area (Å²) in [5.41, 5.74) is 0.139. The molecule has 0 radical (unpaired) electrons. The molecule has 3 nitrogen and oxygen atoms in total. The molecule has 0 heterocycles. The number of carbonyl (C=O) groups excluding carboxylic acids is 1. The van der Waals surface area contributed by atoms with E-state index < -0.39 is 5.97 Å². The van der Waals surface area contributed by atoms with E-state index in [0.29, 0.717) is 21.0 Å². The van der Waals surface area contributed by atoms with Crippen LogP contribution in [0.1, 0.15) is 0 Å². The summed E-state index contributed by atoms with van der Waals surface area (Å²) < 4.78 is 9.20. The average Bonchev–Trinajstić information content (AvgIpc) is 2.00. The monoisotopic (exact) mass is 192 g/mol. The van der Waals surface area contributed by atoms with Gasteiger partial charge in [-0.2, -0.15) is 0 Å². The van der Waals surface area contributed by atoms with Crippen LogP contribution in [0.5, 0.6) is 0 Å². The highest BCUT2D eigenvalue weighted by molar-refractivity contribution is 7.80. The number of hydrogen-bond donors (Lipinski definition) is 0. The van der Waals surface area contributed by atoms with E-state index in [1.54, 1.807) is 0 Å². The van der Waals surface area contributed by atoms with Gasteiger partial charge in [0.1, 0.15) is 5.57 Å². The lowest BCUT2D eigenvalue weighted by Crippen LogP contribution is -2.13. The lowest BCUT2D eigenvalue weighted by atomic mass is 10.3. The molecular weight excluding hydrogens is 184 g/mol. The van der Waals surface area contributed by atoms with Gasteiger partial charge in [0.25, 0.3) is 0 Å². The van der Waals surface area contributed by atoms with Crippen molar-refractivity contribution in [1.82, 2.24) is 0 Å². The largest absolute Gasteiger partial charge is 0.545 e. The van der Waals surface area contributed by atoms with Crippen LogP contribution in [0.4, 0.5) is 0 Å². The van der Waals surface area contributed by atoms with Gasteiger partial charge in [0, 0.05) is 0 Å². The fourth-order valence-corrected chi connectivity index (χ4v) is 0.906. The number of carbonyl (C=O) groups is 1. The van der Waals surface area contributed by atoms with Crippen molar-refractivity contribution in [3.8, 4) is 0 Å². The predicted molar refractivity (Wildman–Crippen MR) is 48.8 cm³/mol. The number of rotatable bonds is 2. The molecule has 0 aliphatic heterocycles. The lowest BCUT2D eigenvalue weighted by molar-refractivity contribution is -0.129. The molecule has 0 aromatic rings. The molecular formula is C4H8O3SSi2. The summed E-state index contributed by atoms with van der Waals surface area (Å²) >= 11 is 4.65. The molecule has 0 aromatic heterocycles. The van der Waals surface area contributed by atoms with Gasteiger partial charge in [0.2, 0.25) is 21.0 Å². The Kier molecular flexibility index (Phi) is 4.16. The maximum Gasteiger partial charge on any atom is 0.328 e. The second kappa shape index (κ2) is 4.37. The normalized spacial score (nSPS) is 8.80. The van der Waals surface area contributed by atoms with Gasteiger partial charge in [-0.3, -0.25) is 0 Å². The SMILES string of the molecule is C=C(C(=O)O[SiH3])C(=S)O[SiH3]. The van der Waals surface area contributed by atoms with Crippen molar-refractivity contribution in [3.05, 3.63) is 12.2 Å². The van der Waals surface area contributed by atoms with Crippen LogP contribution in [0.2, 0.25) is 0 Å². The maximum atomic E-state index is 10.7. The van der Waals surface area contributed by atoms with E-state index in [-0.39, 0.29) is 10.6 Å². The summed E-state index contributed by atoms with van der Waals surface area (Å²) in [6, 6.07) is 0. The first-order chi connectivity index (χ1) is 4.63. The molecule has 0 saturated carbocycles. The standard InChI is InChI=1S/C4H8O3SSi2/c1-2(3(5)6-9)4(8)7-10/h1H2,9-10H3. The number of thiocarbonyl (C=S) groups is 1. The third-order valence-electron chi connectivity index (χ3n) is 0.864. The Hall–Kier alpha value is -0.466. The summed E-state index contributed by atoms with van der Waals surface area (Å²) in [6.45, 7) is 3.40. The molecule has 0 atom stereocenters. The van der Waals surface area contributed by atoms with Crippen LogP contribution in [0.25, 0.3) is 0 Å². The summed E-state index contributed by atoms with van der Waals surface area (Å²) in [5, 5.41) is 0.146. The van der Waals surface area contributed by atoms with E-state index in [2.05, 4.69) is 23.2 Å². The first-order valence-electron chi connectivity index (χ1n) is 2.49. The topological polar surface area (TPSA) is 35.5 Å². The highest BCUT2D eigenvalue weighted by Crippen LogP contribution is 1.97. The van der Waals surface area contributed by atoms with Crippen LogP contribution in [0.15, 0.2) is 12.2 Å². The first-order valence-corrected chi connectivity index (χ1v) is 4.53. The van der Waals surface area contributed by atoms with Crippen molar-refractivity contribution in [2.24, 2.45) is 0 Å². The van der Waals surface area contributed by atoms with E-state index in [0.717, 1.165) is 0 Å². The van der Waals surface area contributed by atoms with Crippen LogP contribution in [-0.2, 0) is 13.6 Å². The van der Waals surface area contributed by atoms with Crippen molar-refractivity contribution < 1.29 is 13.6 Å². The zero-order chi connectivity index (χ0) is 8.15. The zero-order valence-corrected chi connectivity index (χ0v) is 10.7. The van der Waals surface area contributed by atoms with Crippen LogP contribution in [-0.4, -0.2) is 32.0 Å². The fourth-order valence-electron chi connectivity index (χ4n) is 0.330. The molecule has 0 unspecified atom stereocenters. The van der Waals surface area contributed by atoms with Gasteiger partial charge in [0.05, 0.1) is 0 Å². The quantitative estimate of drug-likeness (QED) is 0.288. The molecule has 0 aromatic carbocycles. The van der Waals surface area contributed by atoms with Crippen LogP contribution in [0, 0.1) is 0 Å². The van der Waals surface area contributed by atoms with Gasteiger partial charge in [-0.15, -0.1) is 0 Å². The molecule has 0 amide bonds. The molecule has 10 heavy (non-hydrogen) atoms. The first kappa shape index (κ1) is 9.53. The van der Waals surface area contributed by atoms with Crippen LogP contribution < -0.4 is 0 Å². The highest BCUT2D eigenvalue weighted by Gasteiger charge is 2.10. The molecule has 0 saturated heterocycles. The maximum absolute atomic E-state index is 10.7. The minimum Gasteiger partial charge on any atom is -0.545 e. The van der Waals surface area contributed by atoms with Gasteiger partial charge < -0.3 is 8.85 Å². The van der Waals surface area contributed by atoms with E-state index >= 15 is 0 Å². The average molecular weight is 192 g/mol. The minimum atomic E-state index is -0.479. The highest BCUT2D eigenvalue weighted by atomic mass is 32.1.